The molecule has 7 heteroatoms. The molecule has 29 heavy (non-hydrogen) atoms. The number of methoxy groups -OCH3 is 1. The number of likely N-dealkylation sites (tertiary alicyclic amines) is 1. The number of rotatable bonds is 4. The van der Waals surface area contributed by atoms with E-state index < -0.39 is 23.2 Å². The fraction of sp³-hybridized carbons (Fsp3) is 0.227. The topological polar surface area (TPSA) is 29.5 Å². The van der Waals surface area contributed by atoms with Gasteiger partial charge < -0.3 is 9.64 Å². The van der Waals surface area contributed by atoms with Crippen LogP contribution in [0.15, 0.2) is 48.5 Å². The number of hydrogen-bond donors (Lipinski definition) is 0. The molecule has 1 fully saturated rings. The van der Waals surface area contributed by atoms with Gasteiger partial charge in [0, 0.05) is 29.4 Å². The van der Waals surface area contributed by atoms with Crippen molar-refractivity contribution in [1.29, 1.82) is 0 Å². The van der Waals surface area contributed by atoms with Crippen molar-refractivity contribution in [2.45, 2.75) is 12.3 Å². The smallest absolute Gasteiger partial charge is 0.263 e. The van der Waals surface area contributed by atoms with Gasteiger partial charge in [-0.1, -0.05) is 30.3 Å². The van der Waals surface area contributed by atoms with Gasteiger partial charge in [0.2, 0.25) is 5.82 Å². The third-order valence-corrected chi connectivity index (χ3v) is 6.26. The highest BCUT2D eigenvalue weighted by Crippen LogP contribution is 2.37. The molecular formula is C22H18F3NO2S. The van der Waals surface area contributed by atoms with Crippen LogP contribution in [-0.4, -0.2) is 31.0 Å². The zero-order chi connectivity index (χ0) is 20.5. The Bertz CT molecular complexity index is 1050. The molecular weight excluding hydrogens is 399 g/mol. The summed E-state index contributed by atoms with van der Waals surface area (Å²) in [5.74, 6) is -4.19. The van der Waals surface area contributed by atoms with Crippen molar-refractivity contribution in [3.8, 4) is 16.2 Å². The van der Waals surface area contributed by atoms with Crippen molar-refractivity contribution >= 4 is 17.2 Å². The molecule has 0 aliphatic carbocycles. The number of thiophene rings is 1. The maximum absolute atomic E-state index is 14.5. The molecule has 150 valence electrons. The molecule has 1 aliphatic rings. The molecule has 3 aromatic rings. The number of carbonyl (C=O) groups excluding carboxylic acids is 1. The first-order valence-corrected chi connectivity index (χ1v) is 9.97. The average Bonchev–Trinajstić information content (AvgIpc) is 3.41. The summed E-state index contributed by atoms with van der Waals surface area (Å²) < 4.78 is 46.7. The summed E-state index contributed by atoms with van der Waals surface area (Å²) in [5.41, 5.74) is 1.07. The van der Waals surface area contributed by atoms with Gasteiger partial charge in [-0.25, -0.2) is 8.78 Å². The molecule has 2 aromatic carbocycles. The van der Waals surface area contributed by atoms with Gasteiger partial charge in [-0.15, -0.1) is 11.3 Å². The van der Waals surface area contributed by atoms with Crippen molar-refractivity contribution in [2.24, 2.45) is 0 Å². The van der Waals surface area contributed by atoms with Gasteiger partial charge in [-0.05, 0) is 30.2 Å². The highest BCUT2D eigenvalue weighted by atomic mass is 32.1. The number of amides is 1. The fourth-order valence-electron chi connectivity index (χ4n) is 3.63. The third kappa shape index (κ3) is 3.62. The average molecular weight is 417 g/mol. The molecule has 0 saturated carbocycles. The van der Waals surface area contributed by atoms with Crippen LogP contribution in [0.25, 0.3) is 10.4 Å². The van der Waals surface area contributed by atoms with Crippen LogP contribution in [0.1, 0.15) is 27.6 Å². The van der Waals surface area contributed by atoms with Crippen molar-refractivity contribution in [3.05, 3.63) is 76.4 Å². The quantitative estimate of drug-likeness (QED) is 0.527. The van der Waals surface area contributed by atoms with Crippen LogP contribution >= 0.6 is 11.3 Å². The van der Waals surface area contributed by atoms with Gasteiger partial charge in [0.15, 0.2) is 17.4 Å². The Kier molecular flexibility index (Phi) is 5.32. The van der Waals surface area contributed by atoms with E-state index in [1.165, 1.54) is 11.6 Å². The van der Waals surface area contributed by atoms with Gasteiger partial charge in [0.05, 0.1) is 12.0 Å². The monoisotopic (exact) mass is 417 g/mol. The normalized spacial score (nSPS) is 16.3. The molecule has 2 heterocycles. The van der Waals surface area contributed by atoms with E-state index in [2.05, 4.69) is 16.9 Å². The Morgan fingerprint density at radius 2 is 1.86 bits per heavy atom. The first-order valence-electron chi connectivity index (χ1n) is 9.15. The van der Waals surface area contributed by atoms with Crippen molar-refractivity contribution in [3.63, 3.8) is 0 Å². The second-order valence-corrected chi connectivity index (χ2v) is 7.96. The summed E-state index contributed by atoms with van der Waals surface area (Å²) in [5, 5.41) is 0. The first-order chi connectivity index (χ1) is 14.0. The Balaban J connectivity index is 1.56. The van der Waals surface area contributed by atoms with E-state index in [0.29, 0.717) is 22.8 Å². The van der Waals surface area contributed by atoms with Gasteiger partial charge in [0.25, 0.3) is 5.91 Å². The second kappa shape index (κ2) is 7.91. The minimum atomic E-state index is -1.37. The Hall–Kier alpha value is -2.80. The molecule has 1 aromatic heterocycles. The van der Waals surface area contributed by atoms with E-state index in [1.807, 2.05) is 18.2 Å². The lowest BCUT2D eigenvalue weighted by Gasteiger charge is -2.15. The maximum atomic E-state index is 14.5. The number of ether oxygens (including phenoxy) is 1. The minimum Gasteiger partial charge on any atom is -0.491 e. The van der Waals surface area contributed by atoms with E-state index in [4.69, 9.17) is 0 Å². The Morgan fingerprint density at radius 1 is 1.10 bits per heavy atom. The molecule has 4 rings (SSSR count). The van der Waals surface area contributed by atoms with E-state index in [1.54, 1.807) is 11.0 Å². The molecule has 0 bridgehead atoms. The lowest BCUT2D eigenvalue weighted by Crippen LogP contribution is -2.27. The summed E-state index contributed by atoms with van der Waals surface area (Å²) in [6, 6.07) is 14.0. The molecule has 1 atom stereocenters. The van der Waals surface area contributed by atoms with Crippen LogP contribution in [0.2, 0.25) is 0 Å². The number of hydrogen-bond acceptors (Lipinski definition) is 3. The van der Waals surface area contributed by atoms with Crippen molar-refractivity contribution in [2.75, 3.05) is 20.2 Å². The summed E-state index contributed by atoms with van der Waals surface area (Å²) in [6.45, 7) is 1.25. The van der Waals surface area contributed by atoms with E-state index in [9.17, 15) is 18.0 Å². The lowest BCUT2D eigenvalue weighted by atomic mass is 9.99. The molecule has 0 spiro atoms. The molecule has 1 amide bonds. The SMILES string of the molecule is COc1c(F)c(F)cc(-c2ccc(C(=O)N3CCC(c4ccccc4)C3)s2)c1F. The van der Waals surface area contributed by atoms with Crippen LogP contribution in [0.5, 0.6) is 5.75 Å². The van der Waals surface area contributed by atoms with Crippen molar-refractivity contribution < 1.29 is 22.7 Å². The third-order valence-electron chi connectivity index (χ3n) is 5.15. The number of carbonyl (C=O) groups is 1. The fourth-order valence-corrected chi connectivity index (χ4v) is 4.62. The Labute approximate surface area is 170 Å². The van der Waals surface area contributed by atoms with Gasteiger partial charge in [-0.3, -0.25) is 4.79 Å². The van der Waals surface area contributed by atoms with Gasteiger partial charge in [0.1, 0.15) is 0 Å². The predicted octanol–water partition coefficient (Wildman–Crippen LogP) is 5.47. The number of halogens is 3. The predicted molar refractivity (Wildman–Crippen MR) is 106 cm³/mol. The zero-order valence-electron chi connectivity index (χ0n) is 15.6. The van der Waals surface area contributed by atoms with Crippen LogP contribution in [0.3, 0.4) is 0 Å². The van der Waals surface area contributed by atoms with E-state index in [-0.39, 0.29) is 17.4 Å². The summed E-state index contributed by atoms with van der Waals surface area (Å²) in [7, 11) is 1.07. The van der Waals surface area contributed by atoms with Crippen molar-refractivity contribution in [1.82, 2.24) is 4.90 Å². The highest BCUT2D eigenvalue weighted by molar-refractivity contribution is 7.17. The van der Waals surface area contributed by atoms with E-state index >= 15 is 0 Å². The summed E-state index contributed by atoms with van der Waals surface area (Å²) >= 11 is 1.05. The molecule has 1 aliphatic heterocycles. The van der Waals surface area contributed by atoms with E-state index in [0.717, 1.165) is 30.9 Å². The molecule has 0 radical (unpaired) electrons. The number of nitrogens with zero attached hydrogens (tertiary/aromatic N) is 1. The summed E-state index contributed by atoms with van der Waals surface area (Å²) in [4.78, 5) is 15.4. The van der Waals surface area contributed by atoms with Crippen LogP contribution < -0.4 is 4.74 Å². The van der Waals surface area contributed by atoms with Gasteiger partial charge >= 0.3 is 0 Å². The van der Waals surface area contributed by atoms with Crippen LogP contribution in [0, 0.1) is 17.5 Å². The second-order valence-electron chi connectivity index (χ2n) is 6.88. The summed E-state index contributed by atoms with van der Waals surface area (Å²) in [6.07, 6.45) is 0.878. The standard InChI is InChI=1S/C22H18F3NO2S/c1-28-21-19(24)15(11-16(23)20(21)25)17-7-8-18(29-17)22(27)26-10-9-14(12-26)13-5-3-2-4-6-13/h2-8,11,14H,9-10,12H2,1H3. The maximum Gasteiger partial charge on any atom is 0.263 e. The minimum absolute atomic E-state index is 0.131. The largest absolute Gasteiger partial charge is 0.491 e. The zero-order valence-corrected chi connectivity index (χ0v) is 16.4. The highest BCUT2D eigenvalue weighted by Gasteiger charge is 2.29. The Morgan fingerprint density at radius 3 is 2.59 bits per heavy atom. The molecule has 3 nitrogen and oxygen atoms in total. The number of benzene rings is 2. The lowest BCUT2D eigenvalue weighted by molar-refractivity contribution is 0.0795. The molecule has 1 unspecified atom stereocenters. The van der Waals surface area contributed by atoms with Crippen LogP contribution in [-0.2, 0) is 0 Å². The first kappa shape index (κ1) is 19.5. The van der Waals surface area contributed by atoms with Gasteiger partial charge in [-0.2, -0.15) is 4.39 Å². The van der Waals surface area contributed by atoms with Crippen LogP contribution in [0.4, 0.5) is 13.2 Å². The molecule has 0 N–H and O–H groups in total. The molecule has 1 saturated heterocycles.